The Balaban J connectivity index is 2.29. The van der Waals surface area contributed by atoms with Crippen LogP contribution in [-0.4, -0.2) is 26.7 Å². The van der Waals surface area contributed by atoms with Crippen LogP contribution in [0.3, 0.4) is 0 Å². The van der Waals surface area contributed by atoms with E-state index in [0.717, 1.165) is 19.1 Å². The molecule has 4 heteroatoms. The van der Waals surface area contributed by atoms with Crippen molar-refractivity contribution in [2.75, 3.05) is 12.0 Å². The smallest absolute Gasteiger partial charge is 0.147 e. The van der Waals surface area contributed by atoms with Gasteiger partial charge in [0.05, 0.1) is 5.75 Å². The highest BCUT2D eigenvalue weighted by Crippen LogP contribution is 2.32. The molecule has 1 aliphatic rings. The molecule has 0 heterocycles. The first-order chi connectivity index (χ1) is 5.01. The fourth-order valence-electron chi connectivity index (χ4n) is 1.46. The minimum atomic E-state index is -2.83. The van der Waals surface area contributed by atoms with Gasteiger partial charge in [0, 0.05) is 12.2 Å². The summed E-state index contributed by atoms with van der Waals surface area (Å²) in [4.78, 5) is 10.1. The Bertz CT molecular complexity index is 236. The van der Waals surface area contributed by atoms with Gasteiger partial charge < -0.3 is 4.79 Å². The summed E-state index contributed by atoms with van der Waals surface area (Å²) in [5.74, 6) is 0.610. The molecule has 1 fully saturated rings. The second-order valence-electron chi connectivity index (χ2n) is 3.33. The van der Waals surface area contributed by atoms with E-state index in [2.05, 4.69) is 0 Å². The van der Waals surface area contributed by atoms with Gasteiger partial charge in [-0.1, -0.05) is 0 Å². The van der Waals surface area contributed by atoms with Gasteiger partial charge in [-0.2, -0.15) is 0 Å². The summed E-state index contributed by atoms with van der Waals surface area (Å²) in [6.45, 7) is 0. The van der Waals surface area contributed by atoms with Crippen LogP contribution >= 0.6 is 0 Å². The molecule has 0 N–H and O–H groups in total. The number of hydrogen-bond acceptors (Lipinski definition) is 3. The molecule has 1 saturated carbocycles. The summed E-state index contributed by atoms with van der Waals surface area (Å²) in [5, 5.41) is 0. The number of aldehydes is 1. The van der Waals surface area contributed by atoms with Crippen molar-refractivity contribution in [1.29, 1.82) is 0 Å². The molecule has 3 nitrogen and oxygen atoms in total. The first-order valence-electron chi connectivity index (χ1n) is 3.64. The highest BCUT2D eigenvalue weighted by atomic mass is 32.2. The van der Waals surface area contributed by atoms with Gasteiger partial charge in [0.25, 0.3) is 0 Å². The number of hydrogen-bond donors (Lipinski definition) is 0. The van der Waals surface area contributed by atoms with Crippen molar-refractivity contribution in [2.24, 2.45) is 11.8 Å². The lowest BCUT2D eigenvalue weighted by molar-refractivity contribution is -0.114. The Morgan fingerprint density at radius 2 is 2.00 bits per heavy atom. The van der Waals surface area contributed by atoms with Gasteiger partial charge in [-0.3, -0.25) is 0 Å². The molecule has 0 aromatic heterocycles. The van der Waals surface area contributed by atoms with Crippen LogP contribution in [0.4, 0.5) is 0 Å². The Labute approximate surface area is 66.7 Å². The van der Waals surface area contributed by atoms with E-state index in [1.807, 2.05) is 0 Å². The SMILES string of the molecule is CS(=O)(=O)CC1CC(C=O)C1. The number of carbonyl (C=O) groups excluding carboxylic acids is 1. The van der Waals surface area contributed by atoms with E-state index in [4.69, 9.17) is 0 Å². The summed E-state index contributed by atoms with van der Waals surface area (Å²) in [6.07, 6.45) is 3.67. The molecule has 0 aromatic rings. The molecule has 0 amide bonds. The third-order valence-electron chi connectivity index (χ3n) is 2.00. The van der Waals surface area contributed by atoms with E-state index in [1.54, 1.807) is 0 Å². The normalized spacial score (nSPS) is 31.0. The van der Waals surface area contributed by atoms with Gasteiger partial charge in [0.15, 0.2) is 0 Å². The standard InChI is InChI=1S/C7H12O3S/c1-11(9,10)5-7-2-6(3-7)4-8/h4,6-7H,2-3,5H2,1H3. The van der Waals surface area contributed by atoms with Crippen molar-refractivity contribution in [3.63, 3.8) is 0 Å². The van der Waals surface area contributed by atoms with Gasteiger partial charge in [0.1, 0.15) is 16.1 Å². The Hall–Kier alpha value is -0.380. The lowest BCUT2D eigenvalue weighted by Gasteiger charge is -2.30. The lowest BCUT2D eigenvalue weighted by atomic mass is 9.77. The zero-order valence-corrected chi connectivity index (χ0v) is 7.30. The van der Waals surface area contributed by atoms with Crippen LogP contribution in [0.25, 0.3) is 0 Å². The lowest BCUT2D eigenvalue weighted by Crippen LogP contribution is -2.30. The van der Waals surface area contributed by atoms with E-state index in [0.29, 0.717) is 0 Å². The molecule has 0 saturated heterocycles. The molecule has 1 aliphatic carbocycles. The van der Waals surface area contributed by atoms with Crippen molar-refractivity contribution >= 4 is 16.1 Å². The van der Waals surface area contributed by atoms with Gasteiger partial charge in [0.2, 0.25) is 0 Å². The molecular formula is C7H12O3S. The van der Waals surface area contributed by atoms with E-state index < -0.39 is 9.84 Å². The first kappa shape index (κ1) is 8.71. The molecule has 0 unspecified atom stereocenters. The van der Waals surface area contributed by atoms with Crippen LogP contribution in [0.15, 0.2) is 0 Å². The minimum Gasteiger partial charge on any atom is -0.303 e. The molecule has 0 radical (unpaired) electrons. The Morgan fingerprint density at radius 1 is 1.45 bits per heavy atom. The van der Waals surface area contributed by atoms with Gasteiger partial charge in [-0.05, 0) is 18.8 Å². The van der Waals surface area contributed by atoms with E-state index in [-0.39, 0.29) is 17.6 Å². The summed E-state index contributed by atoms with van der Waals surface area (Å²) < 4.78 is 21.5. The number of sulfone groups is 1. The van der Waals surface area contributed by atoms with Crippen LogP contribution in [0, 0.1) is 11.8 Å². The monoisotopic (exact) mass is 176 g/mol. The van der Waals surface area contributed by atoms with Crippen molar-refractivity contribution in [3.8, 4) is 0 Å². The van der Waals surface area contributed by atoms with Crippen LogP contribution < -0.4 is 0 Å². The highest BCUT2D eigenvalue weighted by Gasteiger charge is 2.30. The van der Waals surface area contributed by atoms with Crippen LogP contribution in [-0.2, 0) is 14.6 Å². The average molecular weight is 176 g/mol. The molecule has 64 valence electrons. The molecule has 0 spiro atoms. The quantitative estimate of drug-likeness (QED) is 0.579. The maximum absolute atomic E-state index is 10.7. The predicted octanol–water partition coefficient (Wildman–Crippen LogP) is 0.256. The van der Waals surface area contributed by atoms with Crippen molar-refractivity contribution in [1.82, 2.24) is 0 Å². The van der Waals surface area contributed by atoms with Gasteiger partial charge in [-0.25, -0.2) is 8.42 Å². The van der Waals surface area contributed by atoms with E-state index in [1.165, 1.54) is 6.26 Å². The molecule has 0 aliphatic heterocycles. The van der Waals surface area contributed by atoms with E-state index in [9.17, 15) is 13.2 Å². The second-order valence-corrected chi connectivity index (χ2v) is 5.51. The zero-order valence-electron chi connectivity index (χ0n) is 6.49. The van der Waals surface area contributed by atoms with Gasteiger partial charge in [-0.15, -0.1) is 0 Å². The minimum absolute atomic E-state index is 0.127. The van der Waals surface area contributed by atoms with Gasteiger partial charge >= 0.3 is 0 Å². The molecule has 0 bridgehead atoms. The van der Waals surface area contributed by atoms with E-state index >= 15 is 0 Å². The summed E-state index contributed by atoms with van der Waals surface area (Å²) in [6, 6.07) is 0. The van der Waals surface area contributed by atoms with Crippen molar-refractivity contribution in [2.45, 2.75) is 12.8 Å². The molecule has 11 heavy (non-hydrogen) atoms. The average Bonchev–Trinajstić information content (AvgIpc) is 1.75. The summed E-state index contributed by atoms with van der Waals surface area (Å²) in [7, 11) is -2.83. The highest BCUT2D eigenvalue weighted by molar-refractivity contribution is 7.90. The largest absolute Gasteiger partial charge is 0.303 e. The summed E-state index contributed by atoms with van der Waals surface area (Å²) in [5.41, 5.74) is 0. The molecule has 1 rings (SSSR count). The van der Waals surface area contributed by atoms with Crippen LogP contribution in [0.5, 0.6) is 0 Å². The summed E-state index contributed by atoms with van der Waals surface area (Å²) >= 11 is 0. The van der Waals surface area contributed by atoms with Crippen molar-refractivity contribution in [3.05, 3.63) is 0 Å². The third-order valence-corrected chi connectivity index (χ3v) is 3.08. The Morgan fingerprint density at radius 3 is 2.36 bits per heavy atom. The van der Waals surface area contributed by atoms with Crippen LogP contribution in [0.1, 0.15) is 12.8 Å². The number of carbonyl (C=O) groups is 1. The zero-order chi connectivity index (χ0) is 8.48. The maximum Gasteiger partial charge on any atom is 0.147 e. The topological polar surface area (TPSA) is 51.2 Å². The second kappa shape index (κ2) is 2.93. The molecule has 0 atom stereocenters. The fourth-order valence-corrected chi connectivity index (χ4v) is 2.59. The fraction of sp³-hybridized carbons (Fsp3) is 0.857. The molecular weight excluding hydrogens is 164 g/mol. The maximum atomic E-state index is 10.7. The molecule has 0 aromatic carbocycles. The third kappa shape index (κ3) is 2.61. The first-order valence-corrected chi connectivity index (χ1v) is 5.70. The van der Waals surface area contributed by atoms with Crippen LogP contribution in [0.2, 0.25) is 0 Å². The van der Waals surface area contributed by atoms with Crippen molar-refractivity contribution < 1.29 is 13.2 Å². The number of rotatable bonds is 3. The Kier molecular flexibility index (Phi) is 2.32. The predicted molar refractivity (Wildman–Crippen MR) is 42.0 cm³/mol.